The van der Waals surface area contributed by atoms with Crippen LogP contribution >= 0.6 is 15.6 Å². The summed E-state index contributed by atoms with van der Waals surface area (Å²) in [6.07, 6.45) is 62.5. The fourth-order valence-electron chi connectivity index (χ4n) is 12.2. The van der Waals surface area contributed by atoms with E-state index in [0.29, 0.717) is 25.7 Å². The third-order valence-corrected chi connectivity index (χ3v) is 20.4. The predicted octanol–water partition coefficient (Wildman–Crippen LogP) is 23.6. The van der Waals surface area contributed by atoms with Crippen molar-refractivity contribution >= 4 is 39.5 Å². The van der Waals surface area contributed by atoms with Crippen molar-refractivity contribution in [1.29, 1.82) is 0 Å². The van der Waals surface area contributed by atoms with Crippen LogP contribution in [0.1, 0.15) is 420 Å². The molecule has 3 N–H and O–H groups in total. The highest BCUT2D eigenvalue weighted by Crippen LogP contribution is 2.45. The van der Waals surface area contributed by atoms with Gasteiger partial charge in [0, 0.05) is 25.7 Å². The van der Waals surface area contributed by atoms with E-state index in [-0.39, 0.29) is 25.7 Å². The highest BCUT2D eigenvalue weighted by atomic mass is 31.2. The molecule has 0 aromatic heterocycles. The van der Waals surface area contributed by atoms with Crippen LogP contribution in [0, 0.1) is 5.92 Å². The van der Waals surface area contributed by atoms with E-state index in [4.69, 9.17) is 37.0 Å². The summed E-state index contributed by atoms with van der Waals surface area (Å²) in [5.41, 5.74) is 0. The van der Waals surface area contributed by atoms with Gasteiger partial charge in [-0.1, -0.05) is 369 Å². The minimum atomic E-state index is -4.96. The van der Waals surface area contributed by atoms with Crippen molar-refractivity contribution in [2.24, 2.45) is 5.92 Å². The molecule has 0 aromatic carbocycles. The normalized spacial score (nSPS) is 13.9. The van der Waals surface area contributed by atoms with Gasteiger partial charge in [-0.25, -0.2) is 9.13 Å². The number of hydrogen-bond donors (Lipinski definition) is 3. The molecule has 98 heavy (non-hydrogen) atoms. The zero-order chi connectivity index (χ0) is 71.9. The number of unbranched alkanes of at least 4 members (excludes halogenated alkanes) is 51. The van der Waals surface area contributed by atoms with Crippen LogP contribution in [0.4, 0.5) is 0 Å². The van der Waals surface area contributed by atoms with E-state index in [1.165, 1.54) is 244 Å². The quantitative estimate of drug-likeness (QED) is 0.0222. The molecule has 17 nitrogen and oxygen atoms in total. The molecule has 0 fully saturated rings. The summed E-state index contributed by atoms with van der Waals surface area (Å²) in [5, 5.41) is 10.6. The average Bonchev–Trinajstić information content (AvgIpc) is 1.05. The van der Waals surface area contributed by atoms with Crippen molar-refractivity contribution in [1.82, 2.24) is 0 Å². The van der Waals surface area contributed by atoms with Gasteiger partial charge in [-0.2, -0.15) is 0 Å². The molecule has 0 heterocycles. The highest BCUT2D eigenvalue weighted by molar-refractivity contribution is 7.47. The number of phosphoric ester groups is 2. The Morgan fingerprint density at radius 2 is 0.469 bits per heavy atom. The summed E-state index contributed by atoms with van der Waals surface area (Å²) < 4.78 is 68.6. The molecule has 0 saturated heterocycles. The molecule has 0 aliphatic carbocycles. The first-order valence-electron chi connectivity index (χ1n) is 41.1. The third kappa shape index (κ3) is 72.4. The number of aliphatic hydroxyl groups excluding tert-OH is 1. The fraction of sp³-hybridized carbons (Fsp3) is 0.949. The summed E-state index contributed by atoms with van der Waals surface area (Å²) in [4.78, 5) is 72.9. The largest absolute Gasteiger partial charge is 0.472 e. The first-order chi connectivity index (χ1) is 47.5. The number of phosphoric acid groups is 2. The van der Waals surface area contributed by atoms with Crippen molar-refractivity contribution < 1.29 is 80.2 Å². The van der Waals surface area contributed by atoms with Gasteiger partial charge in [0.05, 0.1) is 26.4 Å². The smallest absolute Gasteiger partial charge is 0.462 e. The molecule has 582 valence electrons. The van der Waals surface area contributed by atoms with Gasteiger partial charge in [0.15, 0.2) is 12.2 Å². The number of esters is 4. The minimum absolute atomic E-state index is 0.107. The first-order valence-corrected chi connectivity index (χ1v) is 44.1. The van der Waals surface area contributed by atoms with Gasteiger partial charge in [-0.05, 0) is 31.6 Å². The summed E-state index contributed by atoms with van der Waals surface area (Å²) in [7, 11) is -9.91. The second-order valence-corrected chi connectivity index (χ2v) is 31.8. The van der Waals surface area contributed by atoms with Gasteiger partial charge in [0.25, 0.3) is 0 Å². The molecule has 5 atom stereocenters. The molecule has 0 aliphatic rings. The number of hydrogen-bond acceptors (Lipinski definition) is 15. The Kier molecular flexibility index (Phi) is 70.6. The third-order valence-electron chi connectivity index (χ3n) is 18.5. The summed E-state index contributed by atoms with van der Waals surface area (Å²) in [5.74, 6) is -1.38. The van der Waals surface area contributed by atoms with Crippen LogP contribution in [0.15, 0.2) is 0 Å². The second-order valence-electron chi connectivity index (χ2n) is 28.9. The number of carbonyl (C=O) groups excluding carboxylic acids is 4. The molecule has 0 spiro atoms. The Hall–Kier alpha value is -1.94. The Bertz CT molecular complexity index is 1870. The van der Waals surface area contributed by atoms with E-state index >= 15 is 0 Å². The van der Waals surface area contributed by atoms with Crippen molar-refractivity contribution in [3.8, 4) is 0 Å². The van der Waals surface area contributed by atoms with Crippen LogP contribution < -0.4 is 0 Å². The van der Waals surface area contributed by atoms with E-state index in [1.807, 2.05) is 0 Å². The minimum Gasteiger partial charge on any atom is -0.462 e. The van der Waals surface area contributed by atoms with Crippen LogP contribution in [0.2, 0.25) is 0 Å². The molecular weight excluding hydrogens is 1280 g/mol. The second kappa shape index (κ2) is 72.0. The first kappa shape index (κ1) is 96.1. The molecule has 19 heteroatoms. The van der Waals surface area contributed by atoms with Gasteiger partial charge < -0.3 is 33.8 Å². The highest BCUT2D eigenvalue weighted by Gasteiger charge is 2.30. The van der Waals surface area contributed by atoms with Crippen molar-refractivity contribution in [3.05, 3.63) is 0 Å². The Morgan fingerprint density at radius 3 is 0.694 bits per heavy atom. The van der Waals surface area contributed by atoms with Crippen LogP contribution in [0.5, 0.6) is 0 Å². The summed E-state index contributed by atoms with van der Waals surface area (Å²) in [6.45, 7) is 7.28. The molecule has 0 rings (SSSR count). The maximum atomic E-state index is 13.1. The predicted molar refractivity (Wildman–Crippen MR) is 400 cm³/mol. The fourth-order valence-corrected chi connectivity index (χ4v) is 13.8. The summed E-state index contributed by atoms with van der Waals surface area (Å²) >= 11 is 0. The maximum Gasteiger partial charge on any atom is 0.472 e. The van der Waals surface area contributed by atoms with Crippen LogP contribution in [0.3, 0.4) is 0 Å². The standard InChI is InChI=1S/C79H154O17P2/c1-6-9-12-15-18-21-24-27-28-29-30-31-32-33-34-37-40-43-50-55-60-65-79(84)95-74(68-89-76(81)62-57-52-47-41-38-35-25-22-19-16-13-10-7-2)70-93-97(85,86)91-66-73(80)67-92-98(87,88)94-71-75(69-90-77(82)63-58-53-48-45-44-46-51-56-61-72(4)5)96-78(83)64-59-54-49-42-39-36-26-23-20-17-14-11-8-3/h72-75,80H,6-71H2,1-5H3,(H,85,86)(H,87,88)/t73-,74-,75-/m1/s1. The lowest BCUT2D eigenvalue weighted by molar-refractivity contribution is -0.161. The van der Waals surface area contributed by atoms with Gasteiger partial charge in [-0.15, -0.1) is 0 Å². The molecule has 2 unspecified atom stereocenters. The number of carbonyl (C=O) groups is 4. The SMILES string of the molecule is CCCCCCCCCCCCCCCCCCCCCCCC(=O)O[C@H](COC(=O)CCCCCCCCCCCCCCC)COP(=O)(O)OC[C@@H](O)COP(=O)(O)OC[C@@H](COC(=O)CCCCCCCCCCC(C)C)OC(=O)CCCCCCCCCCCCCCC. The van der Waals surface area contributed by atoms with E-state index < -0.39 is 97.5 Å². The van der Waals surface area contributed by atoms with Gasteiger partial charge in [-0.3, -0.25) is 37.3 Å². The summed E-state index contributed by atoms with van der Waals surface area (Å²) in [6, 6.07) is 0. The molecular formula is C79H154O17P2. The number of rotatable bonds is 79. The van der Waals surface area contributed by atoms with Crippen LogP contribution in [0.25, 0.3) is 0 Å². The molecule has 0 bridgehead atoms. The zero-order valence-corrected chi connectivity index (χ0v) is 65.7. The molecule has 0 aromatic rings. The van der Waals surface area contributed by atoms with Gasteiger partial charge in [0.1, 0.15) is 19.3 Å². The van der Waals surface area contributed by atoms with E-state index in [2.05, 4.69) is 34.6 Å². The Balaban J connectivity index is 5.21. The van der Waals surface area contributed by atoms with Gasteiger partial charge in [0.2, 0.25) is 0 Å². The number of aliphatic hydroxyl groups is 1. The topological polar surface area (TPSA) is 237 Å². The zero-order valence-electron chi connectivity index (χ0n) is 63.9. The Labute approximate surface area is 600 Å². The van der Waals surface area contributed by atoms with E-state index in [9.17, 15) is 43.2 Å². The molecule has 0 aliphatic heterocycles. The molecule has 0 radical (unpaired) electrons. The Morgan fingerprint density at radius 1 is 0.276 bits per heavy atom. The van der Waals surface area contributed by atoms with Crippen molar-refractivity contribution in [2.75, 3.05) is 39.6 Å². The maximum absolute atomic E-state index is 13.1. The molecule has 0 saturated carbocycles. The lowest BCUT2D eigenvalue weighted by Gasteiger charge is -2.21. The number of ether oxygens (including phenoxy) is 4. The lowest BCUT2D eigenvalue weighted by Crippen LogP contribution is -2.30. The molecule has 0 amide bonds. The lowest BCUT2D eigenvalue weighted by atomic mass is 10.0. The van der Waals surface area contributed by atoms with Crippen molar-refractivity contribution in [3.63, 3.8) is 0 Å². The van der Waals surface area contributed by atoms with Crippen LogP contribution in [-0.2, 0) is 65.4 Å². The van der Waals surface area contributed by atoms with E-state index in [0.717, 1.165) is 95.8 Å². The average molecular weight is 1440 g/mol. The van der Waals surface area contributed by atoms with Crippen molar-refractivity contribution in [2.45, 2.75) is 438 Å². The monoisotopic (exact) mass is 1440 g/mol. The van der Waals surface area contributed by atoms with Crippen LogP contribution in [-0.4, -0.2) is 96.7 Å². The van der Waals surface area contributed by atoms with Gasteiger partial charge >= 0.3 is 39.5 Å². The van der Waals surface area contributed by atoms with E-state index in [1.54, 1.807) is 0 Å².